The van der Waals surface area contributed by atoms with Gasteiger partial charge in [-0.25, -0.2) is 9.37 Å². The maximum atomic E-state index is 14.6. The van der Waals surface area contributed by atoms with Gasteiger partial charge in [-0.2, -0.15) is 0 Å². The van der Waals surface area contributed by atoms with Gasteiger partial charge < -0.3 is 15.0 Å². The molecule has 0 bridgehead atoms. The molecule has 3 aromatic carbocycles. The Morgan fingerprint density at radius 3 is 2.46 bits per heavy atom. The van der Waals surface area contributed by atoms with Gasteiger partial charge in [0.25, 0.3) is 5.91 Å². The molecule has 5 rings (SSSR count). The molecule has 1 saturated heterocycles. The highest BCUT2D eigenvalue weighted by Crippen LogP contribution is 2.23. The van der Waals surface area contributed by atoms with Gasteiger partial charge in [0.05, 0.1) is 36.0 Å². The van der Waals surface area contributed by atoms with Crippen molar-refractivity contribution in [1.82, 2.24) is 9.97 Å². The van der Waals surface area contributed by atoms with Crippen molar-refractivity contribution in [2.24, 2.45) is 0 Å². The van der Waals surface area contributed by atoms with E-state index in [2.05, 4.69) is 20.2 Å². The van der Waals surface area contributed by atoms with E-state index in [4.69, 9.17) is 16.3 Å². The van der Waals surface area contributed by atoms with E-state index < -0.39 is 17.5 Å². The second-order valence-electron chi connectivity index (χ2n) is 8.02. The summed E-state index contributed by atoms with van der Waals surface area (Å²) in [4.78, 5) is 36.9. The van der Waals surface area contributed by atoms with E-state index in [0.29, 0.717) is 59.4 Å². The van der Waals surface area contributed by atoms with Crippen LogP contribution < -0.4 is 10.2 Å². The highest BCUT2D eigenvalue weighted by molar-refractivity contribution is 6.30. The first-order valence-electron chi connectivity index (χ1n) is 11.0. The molecule has 0 saturated carbocycles. The number of amides is 1. The number of carbonyl (C=O) groups is 2. The zero-order valence-electron chi connectivity index (χ0n) is 18.5. The standard InChI is InChI=1S/C26H20ClFN4O3/c27-18-4-1-16(2-5-18)26(34)30-19-6-7-21(28)20(14-19)25(33)17-3-8-22-23(13-17)31-24(15-29-22)32-9-11-35-12-10-32/h1-8,13-15H,9-12H2,(H,30,34). The number of hydrogen-bond donors (Lipinski definition) is 1. The van der Waals surface area contributed by atoms with E-state index >= 15 is 0 Å². The molecule has 4 aromatic rings. The topological polar surface area (TPSA) is 84.4 Å². The van der Waals surface area contributed by atoms with Crippen LogP contribution in [0.4, 0.5) is 15.9 Å². The number of nitrogens with one attached hydrogen (secondary N) is 1. The van der Waals surface area contributed by atoms with Crippen molar-refractivity contribution in [1.29, 1.82) is 0 Å². The minimum Gasteiger partial charge on any atom is -0.378 e. The molecule has 9 heteroatoms. The molecular weight excluding hydrogens is 471 g/mol. The Hall–Kier alpha value is -3.88. The van der Waals surface area contributed by atoms with Crippen molar-refractivity contribution in [2.45, 2.75) is 0 Å². The summed E-state index contributed by atoms with van der Waals surface area (Å²) in [5.41, 5.74) is 1.96. The number of fused-ring (bicyclic) bond motifs is 1. The summed E-state index contributed by atoms with van der Waals surface area (Å²) in [6.45, 7) is 2.64. The summed E-state index contributed by atoms with van der Waals surface area (Å²) in [6.07, 6.45) is 1.70. The second kappa shape index (κ2) is 9.77. The first-order chi connectivity index (χ1) is 17.0. The molecule has 1 aliphatic rings. The number of ether oxygens (including phenoxy) is 1. The maximum Gasteiger partial charge on any atom is 0.255 e. The summed E-state index contributed by atoms with van der Waals surface area (Å²) in [5, 5.41) is 3.19. The quantitative estimate of drug-likeness (QED) is 0.407. The van der Waals surface area contributed by atoms with Gasteiger partial charge in [-0.3, -0.25) is 14.6 Å². The van der Waals surface area contributed by atoms with Crippen LogP contribution in [0.15, 0.2) is 66.9 Å². The van der Waals surface area contributed by atoms with Gasteiger partial charge in [-0.1, -0.05) is 11.6 Å². The monoisotopic (exact) mass is 490 g/mol. The van der Waals surface area contributed by atoms with Gasteiger partial charge in [0.15, 0.2) is 5.78 Å². The van der Waals surface area contributed by atoms with Crippen LogP contribution in [0.3, 0.4) is 0 Å². The van der Waals surface area contributed by atoms with E-state index in [1.807, 2.05) is 0 Å². The first kappa shape index (κ1) is 22.9. The van der Waals surface area contributed by atoms with Crippen LogP contribution in [0, 0.1) is 5.82 Å². The number of ketones is 1. The van der Waals surface area contributed by atoms with E-state index in [1.54, 1.807) is 48.7 Å². The van der Waals surface area contributed by atoms with Gasteiger partial charge in [-0.15, -0.1) is 0 Å². The average molecular weight is 491 g/mol. The molecule has 0 unspecified atom stereocenters. The largest absolute Gasteiger partial charge is 0.378 e. The molecule has 1 fully saturated rings. The minimum absolute atomic E-state index is 0.157. The van der Waals surface area contributed by atoms with Crippen LogP contribution in [-0.4, -0.2) is 48.0 Å². The zero-order valence-corrected chi connectivity index (χ0v) is 19.3. The van der Waals surface area contributed by atoms with Crippen molar-refractivity contribution >= 4 is 45.8 Å². The number of anilines is 2. The Bertz CT molecular complexity index is 1420. The minimum atomic E-state index is -0.687. The molecule has 2 heterocycles. The highest BCUT2D eigenvalue weighted by Gasteiger charge is 2.18. The lowest BCUT2D eigenvalue weighted by atomic mass is 10.0. The third-order valence-electron chi connectivity index (χ3n) is 5.70. The summed E-state index contributed by atoms with van der Waals surface area (Å²) in [6, 6.07) is 15.1. The Balaban J connectivity index is 1.41. The molecular formula is C26H20ClFN4O3. The van der Waals surface area contributed by atoms with Crippen LogP contribution in [-0.2, 0) is 4.74 Å². The summed E-state index contributed by atoms with van der Waals surface area (Å²) >= 11 is 5.87. The van der Waals surface area contributed by atoms with Crippen LogP contribution >= 0.6 is 11.6 Å². The van der Waals surface area contributed by atoms with Gasteiger partial charge in [0.1, 0.15) is 11.6 Å². The normalized spacial score (nSPS) is 13.6. The summed E-state index contributed by atoms with van der Waals surface area (Å²) in [5.74, 6) is -0.912. The van der Waals surface area contributed by atoms with Crippen LogP contribution in [0.2, 0.25) is 5.02 Å². The lowest BCUT2D eigenvalue weighted by molar-refractivity contribution is 0.102. The molecule has 0 atom stereocenters. The molecule has 1 amide bonds. The molecule has 176 valence electrons. The van der Waals surface area contributed by atoms with Crippen molar-refractivity contribution in [3.05, 3.63) is 94.4 Å². The van der Waals surface area contributed by atoms with Crippen molar-refractivity contribution in [2.75, 3.05) is 36.5 Å². The maximum absolute atomic E-state index is 14.6. The van der Waals surface area contributed by atoms with Crippen molar-refractivity contribution < 1.29 is 18.7 Å². The zero-order chi connectivity index (χ0) is 24.4. The van der Waals surface area contributed by atoms with E-state index in [1.165, 1.54) is 12.1 Å². The number of benzene rings is 3. The molecule has 0 aliphatic carbocycles. The Kier molecular flexibility index (Phi) is 6.39. The number of aromatic nitrogens is 2. The smallest absolute Gasteiger partial charge is 0.255 e. The fraction of sp³-hybridized carbons (Fsp3) is 0.154. The highest BCUT2D eigenvalue weighted by atomic mass is 35.5. The number of carbonyl (C=O) groups excluding carboxylic acids is 2. The van der Waals surface area contributed by atoms with Crippen molar-refractivity contribution in [3.8, 4) is 0 Å². The summed E-state index contributed by atoms with van der Waals surface area (Å²) in [7, 11) is 0. The van der Waals surface area contributed by atoms with Gasteiger partial charge in [0.2, 0.25) is 0 Å². The lowest BCUT2D eigenvalue weighted by Gasteiger charge is -2.27. The molecule has 1 aromatic heterocycles. The number of hydrogen-bond acceptors (Lipinski definition) is 6. The number of morpholine rings is 1. The van der Waals surface area contributed by atoms with Crippen molar-refractivity contribution in [3.63, 3.8) is 0 Å². The van der Waals surface area contributed by atoms with E-state index in [9.17, 15) is 14.0 Å². The number of halogens is 2. The first-order valence-corrected chi connectivity index (χ1v) is 11.4. The Morgan fingerprint density at radius 1 is 0.943 bits per heavy atom. The molecule has 7 nitrogen and oxygen atoms in total. The average Bonchev–Trinajstić information content (AvgIpc) is 2.89. The van der Waals surface area contributed by atoms with Gasteiger partial charge in [-0.05, 0) is 60.7 Å². The molecule has 35 heavy (non-hydrogen) atoms. The predicted octanol–water partition coefficient (Wildman–Crippen LogP) is 4.74. The Morgan fingerprint density at radius 2 is 1.69 bits per heavy atom. The number of rotatable bonds is 5. The van der Waals surface area contributed by atoms with Crippen LogP contribution in [0.25, 0.3) is 11.0 Å². The lowest BCUT2D eigenvalue weighted by Crippen LogP contribution is -2.36. The molecule has 0 spiro atoms. The summed E-state index contributed by atoms with van der Waals surface area (Å²) < 4.78 is 20.0. The van der Waals surface area contributed by atoms with Gasteiger partial charge >= 0.3 is 0 Å². The van der Waals surface area contributed by atoms with Crippen LogP contribution in [0.5, 0.6) is 0 Å². The molecule has 0 radical (unpaired) electrons. The predicted molar refractivity (Wildman–Crippen MR) is 132 cm³/mol. The fourth-order valence-corrected chi connectivity index (χ4v) is 3.95. The molecule has 1 aliphatic heterocycles. The van der Waals surface area contributed by atoms with Gasteiger partial charge in [0, 0.05) is 34.9 Å². The van der Waals surface area contributed by atoms with Crippen LogP contribution in [0.1, 0.15) is 26.3 Å². The molecule has 1 N–H and O–H groups in total. The van der Waals surface area contributed by atoms with E-state index in [0.717, 1.165) is 6.07 Å². The third kappa shape index (κ3) is 4.99. The second-order valence-corrected chi connectivity index (χ2v) is 8.45. The number of nitrogens with zero attached hydrogens (tertiary/aromatic N) is 3. The SMILES string of the molecule is O=C(Nc1ccc(F)c(C(=O)c2ccc3ncc(N4CCOCC4)nc3c2)c1)c1ccc(Cl)cc1. The Labute approximate surface area is 205 Å². The van der Waals surface area contributed by atoms with E-state index in [-0.39, 0.29) is 11.1 Å². The third-order valence-corrected chi connectivity index (χ3v) is 5.95. The fourth-order valence-electron chi connectivity index (χ4n) is 3.82.